The number of aromatic nitrogens is 2. The minimum atomic E-state index is -0.181. The first kappa shape index (κ1) is 17.5. The van der Waals surface area contributed by atoms with E-state index in [0.29, 0.717) is 48.1 Å². The monoisotopic (exact) mass is 382 g/mol. The van der Waals surface area contributed by atoms with Crippen LogP contribution in [0.15, 0.2) is 42.5 Å². The molecule has 4 rings (SSSR count). The van der Waals surface area contributed by atoms with Gasteiger partial charge in [0, 0.05) is 36.8 Å². The summed E-state index contributed by atoms with van der Waals surface area (Å²) in [6, 6.07) is 12.7. The van der Waals surface area contributed by atoms with Gasteiger partial charge in [-0.3, -0.25) is 9.59 Å². The fourth-order valence-corrected chi connectivity index (χ4v) is 3.44. The fourth-order valence-electron chi connectivity index (χ4n) is 3.31. The number of nitrogens with zero attached hydrogens (tertiary/aromatic N) is 3. The highest BCUT2D eigenvalue weighted by atomic mass is 35.5. The van der Waals surface area contributed by atoms with Crippen molar-refractivity contribution < 1.29 is 9.59 Å². The summed E-state index contributed by atoms with van der Waals surface area (Å²) in [5.41, 5.74) is 3.03. The molecule has 0 radical (unpaired) electrons. The van der Waals surface area contributed by atoms with Crippen molar-refractivity contribution in [1.29, 1.82) is 0 Å². The summed E-state index contributed by atoms with van der Waals surface area (Å²) in [4.78, 5) is 31.2. The summed E-state index contributed by atoms with van der Waals surface area (Å²) < 4.78 is 1.93. The summed E-state index contributed by atoms with van der Waals surface area (Å²) >= 11 is 5.87. The molecule has 0 aliphatic carbocycles. The quantitative estimate of drug-likeness (QED) is 0.754. The Hall–Kier alpha value is -2.86. The molecular weight excluding hydrogens is 364 g/mol. The van der Waals surface area contributed by atoms with E-state index in [0.717, 1.165) is 11.1 Å². The van der Waals surface area contributed by atoms with Gasteiger partial charge in [-0.1, -0.05) is 23.7 Å². The first-order chi connectivity index (χ1) is 13.1. The minimum Gasteiger partial charge on any atom is -0.348 e. The second kappa shape index (κ2) is 7.04. The average molecular weight is 383 g/mol. The molecule has 0 saturated heterocycles. The predicted octanol–water partition coefficient (Wildman–Crippen LogP) is 3.10. The Bertz CT molecular complexity index is 1030. The van der Waals surface area contributed by atoms with Gasteiger partial charge in [-0.05, 0) is 42.8 Å². The van der Waals surface area contributed by atoms with E-state index in [9.17, 15) is 9.59 Å². The summed E-state index contributed by atoms with van der Waals surface area (Å²) in [6.45, 7) is 4.43. The van der Waals surface area contributed by atoms with Crippen molar-refractivity contribution in [3.05, 3.63) is 64.4 Å². The number of carbonyl (C=O) groups excluding carboxylic acids is 2. The Labute approximate surface area is 161 Å². The van der Waals surface area contributed by atoms with E-state index in [1.807, 2.05) is 29.7 Å². The molecule has 7 heteroatoms. The Balaban J connectivity index is 1.55. The second-order valence-corrected chi connectivity index (χ2v) is 6.92. The van der Waals surface area contributed by atoms with Gasteiger partial charge in [-0.2, -0.15) is 0 Å². The summed E-state index contributed by atoms with van der Waals surface area (Å²) in [6.07, 6.45) is 0. The average Bonchev–Trinajstić information content (AvgIpc) is 3.06. The SMILES string of the molecule is CCN1CCn2c(nc3cc(C(=O)NCc4ccc(Cl)cc4)ccc32)C1=O. The highest BCUT2D eigenvalue weighted by Gasteiger charge is 2.27. The van der Waals surface area contributed by atoms with E-state index in [1.54, 1.807) is 29.2 Å². The van der Waals surface area contributed by atoms with Crippen molar-refractivity contribution in [2.24, 2.45) is 0 Å². The number of benzene rings is 2. The minimum absolute atomic E-state index is 0.0614. The van der Waals surface area contributed by atoms with Gasteiger partial charge in [0.05, 0.1) is 11.0 Å². The number of rotatable bonds is 4. The zero-order valence-corrected chi connectivity index (χ0v) is 15.7. The number of halogens is 1. The van der Waals surface area contributed by atoms with Gasteiger partial charge in [0.1, 0.15) is 0 Å². The van der Waals surface area contributed by atoms with Gasteiger partial charge in [-0.15, -0.1) is 0 Å². The van der Waals surface area contributed by atoms with Crippen LogP contribution in [-0.4, -0.2) is 39.4 Å². The maximum Gasteiger partial charge on any atom is 0.289 e. The molecule has 1 aliphatic rings. The molecule has 1 N–H and O–H groups in total. The molecule has 1 aliphatic heterocycles. The van der Waals surface area contributed by atoms with Crippen LogP contribution >= 0.6 is 11.6 Å². The van der Waals surface area contributed by atoms with Crippen LogP contribution in [0.5, 0.6) is 0 Å². The number of imidazole rings is 1. The summed E-state index contributed by atoms with van der Waals surface area (Å²) in [7, 11) is 0. The summed E-state index contributed by atoms with van der Waals surface area (Å²) in [5.74, 6) is 0.199. The molecule has 0 fully saturated rings. The lowest BCUT2D eigenvalue weighted by Gasteiger charge is -2.26. The van der Waals surface area contributed by atoms with Gasteiger partial charge in [-0.25, -0.2) is 4.98 Å². The van der Waals surface area contributed by atoms with Crippen LogP contribution in [0.2, 0.25) is 5.02 Å². The number of nitrogens with one attached hydrogen (secondary N) is 1. The molecule has 138 valence electrons. The topological polar surface area (TPSA) is 67.2 Å². The van der Waals surface area contributed by atoms with Gasteiger partial charge in [0.15, 0.2) is 5.82 Å². The standard InChI is InChI=1S/C20H19ClN4O2/c1-2-24-9-10-25-17-8-5-14(11-16(17)23-18(25)20(24)27)19(26)22-12-13-3-6-15(21)7-4-13/h3-8,11H,2,9-10,12H2,1H3,(H,22,26). The molecule has 2 amide bonds. The maximum absolute atomic E-state index is 12.5. The van der Waals surface area contributed by atoms with E-state index in [1.165, 1.54) is 0 Å². The Morgan fingerprint density at radius 2 is 1.96 bits per heavy atom. The van der Waals surface area contributed by atoms with Crippen molar-refractivity contribution in [2.45, 2.75) is 20.0 Å². The van der Waals surface area contributed by atoms with Crippen LogP contribution in [0.3, 0.4) is 0 Å². The first-order valence-electron chi connectivity index (χ1n) is 8.89. The lowest BCUT2D eigenvalue weighted by molar-refractivity contribution is 0.0709. The van der Waals surface area contributed by atoms with E-state index in [2.05, 4.69) is 10.3 Å². The lowest BCUT2D eigenvalue weighted by Crippen LogP contribution is -2.40. The molecule has 1 aromatic heterocycles. The Morgan fingerprint density at radius 1 is 1.19 bits per heavy atom. The second-order valence-electron chi connectivity index (χ2n) is 6.48. The molecule has 6 nitrogen and oxygen atoms in total. The highest BCUT2D eigenvalue weighted by Crippen LogP contribution is 2.22. The van der Waals surface area contributed by atoms with Crippen LogP contribution < -0.4 is 5.32 Å². The normalized spacial score (nSPS) is 13.7. The third-order valence-corrected chi connectivity index (χ3v) is 5.08. The number of fused-ring (bicyclic) bond motifs is 3. The smallest absolute Gasteiger partial charge is 0.289 e. The van der Waals surface area contributed by atoms with Crippen molar-refractivity contribution >= 4 is 34.4 Å². The van der Waals surface area contributed by atoms with Gasteiger partial charge < -0.3 is 14.8 Å². The number of amides is 2. The van der Waals surface area contributed by atoms with Gasteiger partial charge >= 0.3 is 0 Å². The Kier molecular flexibility index (Phi) is 4.58. The largest absolute Gasteiger partial charge is 0.348 e. The molecule has 0 bridgehead atoms. The molecule has 3 aromatic rings. The molecular formula is C20H19ClN4O2. The van der Waals surface area contributed by atoms with Gasteiger partial charge in [0.25, 0.3) is 11.8 Å². The van der Waals surface area contributed by atoms with Crippen molar-refractivity contribution in [2.75, 3.05) is 13.1 Å². The van der Waals surface area contributed by atoms with E-state index >= 15 is 0 Å². The molecule has 27 heavy (non-hydrogen) atoms. The Morgan fingerprint density at radius 3 is 2.70 bits per heavy atom. The summed E-state index contributed by atoms with van der Waals surface area (Å²) in [5, 5.41) is 3.56. The van der Waals surface area contributed by atoms with E-state index < -0.39 is 0 Å². The van der Waals surface area contributed by atoms with Gasteiger partial charge in [0.2, 0.25) is 0 Å². The predicted molar refractivity (Wildman–Crippen MR) is 104 cm³/mol. The molecule has 2 aromatic carbocycles. The van der Waals surface area contributed by atoms with Crippen molar-refractivity contribution in [3.63, 3.8) is 0 Å². The number of likely N-dealkylation sites (N-methyl/N-ethyl adjacent to an activating group) is 1. The molecule has 0 unspecified atom stereocenters. The highest BCUT2D eigenvalue weighted by molar-refractivity contribution is 6.30. The van der Waals surface area contributed by atoms with E-state index in [4.69, 9.17) is 11.6 Å². The van der Waals surface area contributed by atoms with Crippen LogP contribution in [0.4, 0.5) is 0 Å². The molecule has 0 atom stereocenters. The van der Waals surface area contributed by atoms with Crippen molar-refractivity contribution in [1.82, 2.24) is 19.8 Å². The molecule has 0 spiro atoms. The third kappa shape index (κ3) is 3.28. The van der Waals surface area contributed by atoms with E-state index in [-0.39, 0.29) is 11.8 Å². The van der Waals surface area contributed by atoms with Crippen molar-refractivity contribution in [3.8, 4) is 0 Å². The molecule has 2 heterocycles. The number of hydrogen-bond donors (Lipinski definition) is 1. The number of hydrogen-bond acceptors (Lipinski definition) is 3. The van der Waals surface area contributed by atoms with Crippen LogP contribution in [-0.2, 0) is 13.1 Å². The zero-order chi connectivity index (χ0) is 19.0. The first-order valence-corrected chi connectivity index (χ1v) is 9.27. The third-order valence-electron chi connectivity index (χ3n) is 4.83. The fraction of sp³-hybridized carbons (Fsp3) is 0.250. The van der Waals surface area contributed by atoms with Crippen LogP contribution in [0.25, 0.3) is 11.0 Å². The maximum atomic E-state index is 12.5. The lowest BCUT2D eigenvalue weighted by atomic mass is 10.1. The number of carbonyl (C=O) groups is 2. The zero-order valence-electron chi connectivity index (χ0n) is 14.9. The molecule has 0 saturated carbocycles. The van der Waals surface area contributed by atoms with Crippen LogP contribution in [0, 0.1) is 0 Å². The van der Waals surface area contributed by atoms with Crippen LogP contribution in [0.1, 0.15) is 33.5 Å².